The van der Waals surface area contributed by atoms with Gasteiger partial charge in [-0.25, -0.2) is 13.1 Å². The van der Waals surface area contributed by atoms with Crippen molar-refractivity contribution < 1.29 is 13.2 Å². The molecule has 0 aromatic heterocycles. The normalized spacial score (nSPS) is 35.2. The van der Waals surface area contributed by atoms with Crippen LogP contribution in [0.3, 0.4) is 0 Å². The number of hydrogen-bond donors (Lipinski definition) is 1. The van der Waals surface area contributed by atoms with Gasteiger partial charge in [-0.15, -0.1) is 0 Å². The summed E-state index contributed by atoms with van der Waals surface area (Å²) in [6.07, 6.45) is 2.75. The lowest BCUT2D eigenvalue weighted by atomic mass is 9.89. The van der Waals surface area contributed by atoms with Gasteiger partial charge in [0.05, 0.1) is 6.26 Å². The summed E-state index contributed by atoms with van der Waals surface area (Å²) in [5, 5.41) is 0. The van der Waals surface area contributed by atoms with Crippen molar-refractivity contribution in [2.75, 3.05) is 12.8 Å². The molecule has 1 saturated carbocycles. The van der Waals surface area contributed by atoms with Crippen molar-refractivity contribution in [3.63, 3.8) is 0 Å². The van der Waals surface area contributed by atoms with E-state index in [1.54, 1.807) is 0 Å². The van der Waals surface area contributed by atoms with Crippen molar-refractivity contribution in [2.24, 2.45) is 17.8 Å². The van der Waals surface area contributed by atoms with Crippen LogP contribution in [0.15, 0.2) is 0 Å². The molecule has 110 valence electrons. The first-order chi connectivity index (χ1) is 8.70. The van der Waals surface area contributed by atoms with Crippen LogP contribution in [-0.4, -0.2) is 44.1 Å². The van der Waals surface area contributed by atoms with Gasteiger partial charge >= 0.3 is 0 Å². The maximum Gasteiger partial charge on any atom is 0.223 e. The molecule has 0 aromatic rings. The summed E-state index contributed by atoms with van der Waals surface area (Å²) < 4.78 is 25.1. The summed E-state index contributed by atoms with van der Waals surface area (Å²) in [4.78, 5) is 14.1. The summed E-state index contributed by atoms with van der Waals surface area (Å²) in [6, 6.07) is 0.533. The van der Waals surface area contributed by atoms with E-state index in [9.17, 15) is 13.2 Å². The largest absolute Gasteiger partial charge is 0.337 e. The van der Waals surface area contributed by atoms with Crippen LogP contribution in [-0.2, 0) is 14.8 Å². The highest BCUT2D eigenvalue weighted by atomic mass is 32.2. The minimum atomic E-state index is -3.16. The molecule has 0 radical (unpaired) electrons. The Balaban J connectivity index is 2.10. The van der Waals surface area contributed by atoms with Crippen molar-refractivity contribution in [1.82, 2.24) is 9.62 Å². The van der Waals surface area contributed by atoms with E-state index in [1.165, 1.54) is 6.26 Å². The molecule has 0 bridgehead atoms. The van der Waals surface area contributed by atoms with Gasteiger partial charge in [-0.3, -0.25) is 4.79 Å². The van der Waals surface area contributed by atoms with E-state index < -0.39 is 10.0 Å². The number of sulfonamides is 1. The third kappa shape index (κ3) is 2.94. The first-order valence-electron chi connectivity index (χ1n) is 6.96. The highest BCUT2D eigenvalue weighted by Crippen LogP contribution is 2.46. The number of likely N-dealkylation sites (tertiary alicyclic amines) is 1. The zero-order valence-corrected chi connectivity index (χ0v) is 12.9. The van der Waals surface area contributed by atoms with Gasteiger partial charge in [0, 0.05) is 25.0 Å². The summed E-state index contributed by atoms with van der Waals surface area (Å²) in [7, 11) is -3.16. The fourth-order valence-electron chi connectivity index (χ4n) is 3.81. The number of fused-ring (bicyclic) bond motifs is 1. The smallest absolute Gasteiger partial charge is 0.223 e. The van der Waals surface area contributed by atoms with Gasteiger partial charge in [-0.2, -0.15) is 0 Å². The topological polar surface area (TPSA) is 66.5 Å². The lowest BCUT2D eigenvalue weighted by Crippen LogP contribution is -2.39. The van der Waals surface area contributed by atoms with Crippen LogP contribution in [0.1, 0.15) is 33.6 Å². The van der Waals surface area contributed by atoms with Crippen LogP contribution < -0.4 is 4.72 Å². The van der Waals surface area contributed by atoms with E-state index in [0.29, 0.717) is 30.8 Å². The van der Waals surface area contributed by atoms with Crippen molar-refractivity contribution in [3.05, 3.63) is 0 Å². The minimum Gasteiger partial charge on any atom is -0.337 e. The molecule has 0 unspecified atom stereocenters. The van der Waals surface area contributed by atoms with Crippen LogP contribution in [0.4, 0.5) is 0 Å². The summed E-state index contributed by atoms with van der Waals surface area (Å²) in [5.74, 6) is 1.26. The van der Waals surface area contributed by atoms with Crippen LogP contribution in [0.25, 0.3) is 0 Å². The van der Waals surface area contributed by atoms with Crippen LogP contribution in [0, 0.1) is 17.8 Å². The molecular formula is C13H24N2O3S. The van der Waals surface area contributed by atoms with Gasteiger partial charge in [0.1, 0.15) is 0 Å². The molecule has 0 spiro atoms. The number of nitrogens with one attached hydrogen (secondary N) is 1. The Morgan fingerprint density at radius 3 is 2.58 bits per heavy atom. The summed E-state index contributed by atoms with van der Waals surface area (Å²) in [5.41, 5.74) is 0. The minimum absolute atomic E-state index is 0.223. The number of hydrogen-bond acceptors (Lipinski definition) is 3. The number of rotatable bonds is 4. The molecule has 1 heterocycles. The predicted molar refractivity (Wildman–Crippen MR) is 74.0 cm³/mol. The summed E-state index contributed by atoms with van der Waals surface area (Å²) in [6.45, 7) is 6.72. The Hall–Kier alpha value is -0.620. The van der Waals surface area contributed by atoms with Gasteiger partial charge in [0.15, 0.2) is 0 Å². The zero-order valence-electron chi connectivity index (χ0n) is 12.1. The molecule has 2 fully saturated rings. The second kappa shape index (κ2) is 5.05. The molecule has 1 saturated heterocycles. The van der Waals surface area contributed by atoms with Crippen molar-refractivity contribution >= 4 is 15.9 Å². The van der Waals surface area contributed by atoms with E-state index in [2.05, 4.69) is 11.6 Å². The molecule has 4 atom stereocenters. The van der Waals surface area contributed by atoms with E-state index in [1.807, 2.05) is 18.7 Å². The van der Waals surface area contributed by atoms with E-state index >= 15 is 0 Å². The number of carbonyl (C=O) groups excluding carboxylic acids is 1. The quantitative estimate of drug-likeness (QED) is 0.833. The Morgan fingerprint density at radius 2 is 2.05 bits per heavy atom. The monoisotopic (exact) mass is 288 g/mol. The molecule has 1 aliphatic heterocycles. The molecule has 1 amide bonds. The number of carbonyl (C=O) groups is 1. The summed E-state index contributed by atoms with van der Waals surface area (Å²) >= 11 is 0. The SMILES string of the molecule is CC(C)N1C(=O)C[C@H]2[C@H](CNS(C)(=O)=O)[C@@H](C)C[C@H]21. The fourth-order valence-corrected chi connectivity index (χ4v) is 4.30. The van der Waals surface area contributed by atoms with Crippen LogP contribution >= 0.6 is 0 Å². The highest BCUT2D eigenvalue weighted by Gasteiger charge is 2.51. The molecule has 1 aliphatic carbocycles. The number of nitrogens with zero attached hydrogens (tertiary/aromatic N) is 1. The molecule has 0 aromatic carbocycles. The van der Waals surface area contributed by atoms with Gasteiger partial charge in [-0.05, 0) is 38.0 Å². The Bertz CT molecular complexity index is 461. The molecule has 19 heavy (non-hydrogen) atoms. The predicted octanol–water partition coefficient (Wildman–Crippen LogP) is 0.817. The average Bonchev–Trinajstić information content (AvgIpc) is 2.67. The molecule has 2 rings (SSSR count). The fraction of sp³-hybridized carbons (Fsp3) is 0.923. The van der Waals surface area contributed by atoms with Gasteiger partial charge in [0.25, 0.3) is 0 Å². The molecule has 2 aliphatic rings. The average molecular weight is 288 g/mol. The van der Waals surface area contributed by atoms with Crippen molar-refractivity contribution in [3.8, 4) is 0 Å². The Kier molecular flexibility index (Phi) is 3.93. The maximum absolute atomic E-state index is 12.1. The van der Waals surface area contributed by atoms with Crippen molar-refractivity contribution in [1.29, 1.82) is 0 Å². The Labute approximate surface area is 115 Å². The van der Waals surface area contributed by atoms with Crippen LogP contribution in [0.2, 0.25) is 0 Å². The van der Waals surface area contributed by atoms with E-state index in [0.717, 1.165) is 6.42 Å². The highest BCUT2D eigenvalue weighted by molar-refractivity contribution is 7.88. The lowest BCUT2D eigenvalue weighted by molar-refractivity contribution is -0.130. The molecule has 6 heteroatoms. The standard InChI is InChI=1S/C13H24N2O3S/c1-8(2)15-12-5-9(3)11(7-14-19(4,17)18)10(12)6-13(15)16/h8-12,14H,5-7H2,1-4H3/t9-,10-,11+,12+/m0/s1. The first kappa shape index (κ1) is 14.8. The van der Waals surface area contributed by atoms with Crippen molar-refractivity contribution in [2.45, 2.75) is 45.7 Å². The second-order valence-electron chi connectivity index (χ2n) is 6.33. The van der Waals surface area contributed by atoms with Gasteiger partial charge in [0.2, 0.25) is 15.9 Å². The van der Waals surface area contributed by atoms with Gasteiger partial charge in [-0.1, -0.05) is 6.92 Å². The van der Waals surface area contributed by atoms with E-state index in [4.69, 9.17) is 0 Å². The zero-order chi connectivity index (χ0) is 14.4. The Morgan fingerprint density at radius 1 is 1.42 bits per heavy atom. The molecule has 5 nitrogen and oxygen atoms in total. The van der Waals surface area contributed by atoms with Gasteiger partial charge < -0.3 is 4.90 Å². The first-order valence-corrected chi connectivity index (χ1v) is 8.85. The molecule has 1 N–H and O–H groups in total. The van der Waals surface area contributed by atoms with Crippen LogP contribution in [0.5, 0.6) is 0 Å². The second-order valence-corrected chi connectivity index (χ2v) is 8.16. The van der Waals surface area contributed by atoms with E-state index in [-0.39, 0.29) is 17.9 Å². The maximum atomic E-state index is 12.1. The third-order valence-electron chi connectivity index (χ3n) is 4.58. The lowest BCUT2D eigenvalue weighted by Gasteiger charge is -2.28. The number of amides is 1. The molecular weight excluding hydrogens is 264 g/mol. The third-order valence-corrected chi connectivity index (χ3v) is 5.27.